The van der Waals surface area contributed by atoms with Gasteiger partial charge in [0.2, 0.25) is 0 Å². The Bertz CT molecular complexity index is 938. The molecule has 0 spiro atoms. The standard InChI is InChI=1S/C24H31N3O3/c1-4-5-10-27-11-6-7-17(16-27)25-24-18-8-12-30-13-9-20(18)26-21-15-23(29-3)22(28-2)14-19(21)24/h1,14-15,17H,5-13,16H2,2-3H3,(H,25,26)/t17-/m1/s1. The molecule has 30 heavy (non-hydrogen) atoms. The molecule has 2 aliphatic rings. The number of likely N-dealkylation sites (tertiary alicyclic amines) is 1. The zero-order chi connectivity index (χ0) is 20.9. The second kappa shape index (κ2) is 9.55. The highest BCUT2D eigenvalue weighted by atomic mass is 16.5. The van der Waals surface area contributed by atoms with Crippen LogP contribution in [0.4, 0.5) is 5.69 Å². The van der Waals surface area contributed by atoms with Gasteiger partial charge in [-0.15, -0.1) is 12.3 Å². The first-order chi connectivity index (χ1) is 14.7. The molecule has 0 saturated carbocycles. The Kier molecular flexibility index (Phi) is 6.61. The van der Waals surface area contributed by atoms with Crippen LogP contribution in [0.5, 0.6) is 11.5 Å². The first kappa shape index (κ1) is 20.8. The molecule has 3 heterocycles. The van der Waals surface area contributed by atoms with Crippen molar-refractivity contribution in [1.82, 2.24) is 9.88 Å². The van der Waals surface area contributed by atoms with Crippen molar-refractivity contribution >= 4 is 16.6 Å². The molecule has 1 aromatic carbocycles. The van der Waals surface area contributed by atoms with Crippen LogP contribution < -0.4 is 14.8 Å². The van der Waals surface area contributed by atoms with E-state index in [1.165, 1.54) is 17.7 Å². The molecule has 0 bridgehead atoms. The van der Waals surface area contributed by atoms with E-state index in [0.29, 0.717) is 18.4 Å². The molecule has 2 aliphatic heterocycles. The third kappa shape index (κ3) is 4.33. The van der Waals surface area contributed by atoms with E-state index < -0.39 is 0 Å². The molecule has 1 N–H and O–H groups in total. The van der Waals surface area contributed by atoms with Gasteiger partial charge in [0, 0.05) is 54.8 Å². The highest BCUT2D eigenvalue weighted by Crippen LogP contribution is 2.38. The zero-order valence-electron chi connectivity index (χ0n) is 18.0. The molecule has 160 valence electrons. The SMILES string of the molecule is C#CCCN1CCC[C@@H](Nc2c3c(nc4cc(OC)c(OC)cc24)CCOCC3)C1. The molecule has 2 aromatic rings. The molecule has 1 fully saturated rings. The maximum atomic E-state index is 5.76. The lowest BCUT2D eigenvalue weighted by atomic mass is 9.99. The van der Waals surface area contributed by atoms with Gasteiger partial charge in [0.05, 0.1) is 33.0 Å². The molecule has 0 aliphatic carbocycles. The van der Waals surface area contributed by atoms with Crippen molar-refractivity contribution in [3.8, 4) is 23.8 Å². The van der Waals surface area contributed by atoms with Gasteiger partial charge in [-0.2, -0.15) is 0 Å². The largest absolute Gasteiger partial charge is 0.493 e. The zero-order valence-corrected chi connectivity index (χ0v) is 18.0. The number of terminal acetylenes is 1. The number of aromatic nitrogens is 1. The van der Waals surface area contributed by atoms with E-state index in [4.69, 9.17) is 25.6 Å². The Morgan fingerprint density at radius 3 is 2.83 bits per heavy atom. The fourth-order valence-electron chi connectivity index (χ4n) is 4.57. The van der Waals surface area contributed by atoms with Gasteiger partial charge in [-0.1, -0.05) is 0 Å². The minimum absolute atomic E-state index is 0.378. The minimum Gasteiger partial charge on any atom is -0.493 e. The topological polar surface area (TPSA) is 55.9 Å². The highest BCUT2D eigenvalue weighted by molar-refractivity contribution is 5.96. The number of rotatable bonds is 6. The Labute approximate surface area is 178 Å². The summed E-state index contributed by atoms with van der Waals surface area (Å²) < 4.78 is 16.9. The molecule has 4 rings (SSSR count). The van der Waals surface area contributed by atoms with E-state index in [1.807, 2.05) is 6.07 Å². The van der Waals surface area contributed by atoms with Crippen molar-refractivity contribution in [2.24, 2.45) is 0 Å². The van der Waals surface area contributed by atoms with Crippen molar-refractivity contribution in [2.45, 2.75) is 38.1 Å². The lowest BCUT2D eigenvalue weighted by Crippen LogP contribution is -2.42. The van der Waals surface area contributed by atoms with E-state index >= 15 is 0 Å². The summed E-state index contributed by atoms with van der Waals surface area (Å²) in [6.07, 6.45) is 10.3. The maximum Gasteiger partial charge on any atom is 0.162 e. The van der Waals surface area contributed by atoms with Crippen molar-refractivity contribution in [3.63, 3.8) is 0 Å². The van der Waals surface area contributed by atoms with E-state index in [-0.39, 0.29) is 0 Å². The quantitative estimate of drug-likeness (QED) is 0.739. The van der Waals surface area contributed by atoms with Crippen LogP contribution in [0.3, 0.4) is 0 Å². The highest BCUT2D eigenvalue weighted by Gasteiger charge is 2.24. The molecule has 1 saturated heterocycles. The average molecular weight is 410 g/mol. The van der Waals surface area contributed by atoms with Crippen molar-refractivity contribution in [3.05, 3.63) is 23.4 Å². The summed E-state index contributed by atoms with van der Waals surface area (Å²) in [6.45, 7) is 4.52. The molecule has 6 nitrogen and oxygen atoms in total. The van der Waals surface area contributed by atoms with E-state index in [2.05, 4.69) is 22.2 Å². The number of benzene rings is 1. The van der Waals surface area contributed by atoms with E-state index in [9.17, 15) is 0 Å². The number of piperidine rings is 1. The lowest BCUT2D eigenvalue weighted by molar-refractivity contribution is 0.146. The number of hydrogen-bond acceptors (Lipinski definition) is 6. The number of hydrogen-bond donors (Lipinski definition) is 1. The molecule has 0 radical (unpaired) electrons. The van der Waals surface area contributed by atoms with Crippen LogP contribution in [0.15, 0.2) is 12.1 Å². The van der Waals surface area contributed by atoms with Gasteiger partial charge in [-0.3, -0.25) is 4.98 Å². The number of methoxy groups -OCH3 is 2. The first-order valence-electron chi connectivity index (χ1n) is 10.8. The second-order valence-electron chi connectivity index (χ2n) is 7.99. The maximum absolute atomic E-state index is 5.76. The molecular formula is C24H31N3O3. The average Bonchev–Trinajstić information content (AvgIpc) is 3.02. The second-order valence-corrected chi connectivity index (χ2v) is 7.99. The summed E-state index contributed by atoms with van der Waals surface area (Å²) in [6, 6.07) is 4.41. The van der Waals surface area contributed by atoms with Gasteiger partial charge in [0.25, 0.3) is 0 Å². The molecule has 0 unspecified atom stereocenters. The normalized spacial score (nSPS) is 19.6. The van der Waals surface area contributed by atoms with Gasteiger partial charge in [-0.25, -0.2) is 0 Å². The summed E-state index contributed by atoms with van der Waals surface area (Å²) in [5, 5.41) is 4.97. The number of pyridine rings is 1. The molecule has 6 heteroatoms. The number of nitrogens with one attached hydrogen (secondary N) is 1. The Morgan fingerprint density at radius 1 is 1.23 bits per heavy atom. The Morgan fingerprint density at radius 2 is 2.03 bits per heavy atom. The van der Waals surface area contributed by atoms with Crippen LogP contribution in [-0.2, 0) is 17.6 Å². The number of anilines is 1. The first-order valence-corrected chi connectivity index (χ1v) is 10.8. The number of nitrogens with zero attached hydrogens (tertiary/aromatic N) is 2. The fraction of sp³-hybridized carbons (Fsp3) is 0.542. The van der Waals surface area contributed by atoms with Gasteiger partial charge < -0.3 is 24.4 Å². The van der Waals surface area contributed by atoms with Crippen LogP contribution in [-0.4, -0.2) is 63.0 Å². The molecular weight excluding hydrogens is 378 g/mol. The van der Waals surface area contributed by atoms with E-state index in [0.717, 1.165) is 74.3 Å². The minimum atomic E-state index is 0.378. The fourth-order valence-corrected chi connectivity index (χ4v) is 4.57. The van der Waals surface area contributed by atoms with Crippen LogP contribution in [0, 0.1) is 12.3 Å². The molecule has 1 aromatic heterocycles. The molecule has 1 atom stereocenters. The summed E-state index contributed by atoms with van der Waals surface area (Å²) in [4.78, 5) is 7.45. The Hall–Kier alpha value is -2.49. The van der Waals surface area contributed by atoms with Gasteiger partial charge in [-0.05, 0) is 37.4 Å². The Balaban J connectivity index is 1.74. The van der Waals surface area contributed by atoms with Crippen LogP contribution >= 0.6 is 0 Å². The third-order valence-corrected chi connectivity index (χ3v) is 6.08. The van der Waals surface area contributed by atoms with Crippen LogP contribution in [0.2, 0.25) is 0 Å². The smallest absolute Gasteiger partial charge is 0.162 e. The summed E-state index contributed by atoms with van der Waals surface area (Å²) in [7, 11) is 3.33. The van der Waals surface area contributed by atoms with Gasteiger partial charge >= 0.3 is 0 Å². The molecule has 0 amide bonds. The van der Waals surface area contributed by atoms with Gasteiger partial charge in [0.15, 0.2) is 11.5 Å². The van der Waals surface area contributed by atoms with Crippen molar-refractivity contribution < 1.29 is 14.2 Å². The predicted octanol–water partition coefficient (Wildman–Crippen LogP) is 3.27. The van der Waals surface area contributed by atoms with E-state index in [1.54, 1.807) is 14.2 Å². The van der Waals surface area contributed by atoms with Crippen LogP contribution in [0.25, 0.3) is 10.9 Å². The van der Waals surface area contributed by atoms with Crippen molar-refractivity contribution in [2.75, 3.05) is 52.4 Å². The number of fused-ring (bicyclic) bond motifs is 2. The third-order valence-electron chi connectivity index (χ3n) is 6.08. The summed E-state index contributed by atoms with van der Waals surface area (Å²) in [5.41, 5.74) is 4.49. The van der Waals surface area contributed by atoms with Crippen LogP contribution in [0.1, 0.15) is 30.5 Å². The summed E-state index contributed by atoms with van der Waals surface area (Å²) >= 11 is 0. The number of ether oxygens (including phenoxy) is 3. The monoisotopic (exact) mass is 409 g/mol. The van der Waals surface area contributed by atoms with Gasteiger partial charge in [0.1, 0.15) is 0 Å². The van der Waals surface area contributed by atoms with Crippen molar-refractivity contribution in [1.29, 1.82) is 0 Å². The lowest BCUT2D eigenvalue weighted by Gasteiger charge is -2.34. The predicted molar refractivity (Wildman–Crippen MR) is 120 cm³/mol. The summed E-state index contributed by atoms with van der Waals surface area (Å²) in [5.74, 6) is 4.19.